The number of halogens is 3. The van der Waals surface area contributed by atoms with E-state index in [4.69, 9.17) is 0 Å². The van der Waals surface area contributed by atoms with E-state index in [9.17, 15) is 22.8 Å². The molecule has 0 radical (unpaired) electrons. The van der Waals surface area contributed by atoms with E-state index in [2.05, 4.69) is 17.1 Å². The summed E-state index contributed by atoms with van der Waals surface area (Å²) in [6.07, 6.45) is -0.583. The Bertz CT molecular complexity index is 875. The molecule has 0 aromatic heterocycles. The number of rotatable bonds is 4. The van der Waals surface area contributed by atoms with Crippen molar-refractivity contribution in [3.63, 3.8) is 0 Å². The molecule has 3 aliphatic rings. The van der Waals surface area contributed by atoms with Crippen molar-refractivity contribution in [1.82, 2.24) is 9.80 Å². The van der Waals surface area contributed by atoms with Gasteiger partial charge in [0.2, 0.25) is 11.8 Å². The minimum absolute atomic E-state index is 0.0542. The second kappa shape index (κ2) is 9.52. The number of nitrogens with one attached hydrogen (secondary N) is 1. The fraction of sp³-hybridized carbons (Fsp3) is 0.667. The summed E-state index contributed by atoms with van der Waals surface area (Å²) in [5.74, 6) is -0.577. The molecule has 2 heterocycles. The number of piperazine rings is 1. The van der Waals surface area contributed by atoms with Crippen molar-refractivity contribution in [3.05, 3.63) is 23.8 Å². The minimum atomic E-state index is -4.60. The first-order valence-electron chi connectivity index (χ1n) is 11.9. The Hall–Kier alpha value is -2.29. The third-order valence-corrected chi connectivity index (χ3v) is 7.39. The zero-order valence-electron chi connectivity index (χ0n) is 19.3. The summed E-state index contributed by atoms with van der Waals surface area (Å²) >= 11 is 0. The second-order valence-electron chi connectivity index (χ2n) is 9.87. The number of carbonyl (C=O) groups is 2. The molecule has 0 bridgehead atoms. The fourth-order valence-corrected chi connectivity index (χ4v) is 5.19. The van der Waals surface area contributed by atoms with E-state index in [0.717, 1.165) is 44.8 Å². The molecule has 0 spiro atoms. The number of carbonyl (C=O) groups excluding carboxylic acids is 2. The lowest BCUT2D eigenvalue weighted by atomic mass is 9.87. The third-order valence-electron chi connectivity index (χ3n) is 7.39. The first kappa shape index (κ1) is 23.9. The van der Waals surface area contributed by atoms with Gasteiger partial charge in [-0.2, -0.15) is 13.2 Å². The molecule has 1 atom stereocenters. The van der Waals surface area contributed by atoms with Gasteiger partial charge in [-0.3, -0.25) is 9.59 Å². The molecular weight excluding hydrogens is 433 g/mol. The molecular formula is C24H33F3N4O2. The second-order valence-corrected chi connectivity index (χ2v) is 9.87. The van der Waals surface area contributed by atoms with E-state index < -0.39 is 23.6 Å². The lowest BCUT2D eigenvalue weighted by Gasteiger charge is -2.34. The van der Waals surface area contributed by atoms with Crippen LogP contribution in [0.5, 0.6) is 0 Å². The standard InChI is InChI=1S/C24H33F3N4O2/c1-16-3-5-18(6-4-16)31-15-17(13-22(31)32)23(33)28-21-8-7-19(14-20(21)24(25,26)27)30-11-9-29(2)10-12-30/h7-8,14,16-18H,3-6,9-13,15H2,1-2H3,(H,28,33). The van der Waals surface area contributed by atoms with E-state index >= 15 is 0 Å². The van der Waals surface area contributed by atoms with Crippen LogP contribution in [-0.4, -0.2) is 67.4 Å². The SMILES string of the molecule is CC1CCC(N2CC(C(=O)Nc3ccc(N4CCN(C)CC4)cc3C(F)(F)F)CC2=O)CC1. The molecule has 4 rings (SSSR count). The Morgan fingerprint density at radius 1 is 1.06 bits per heavy atom. The molecule has 9 heteroatoms. The normalized spacial score (nSPS) is 27.2. The van der Waals surface area contributed by atoms with E-state index in [0.29, 0.717) is 24.7 Å². The molecule has 2 saturated heterocycles. The Kier molecular flexibility index (Phi) is 6.88. The van der Waals surface area contributed by atoms with Gasteiger partial charge in [-0.25, -0.2) is 0 Å². The molecule has 1 aliphatic carbocycles. The number of likely N-dealkylation sites (tertiary alicyclic amines) is 1. The molecule has 3 fully saturated rings. The summed E-state index contributed by atoms with van der Waals surface area (Å²) in [6, 6.07) is 4.23. The number of hydrogen-bond acceptors (Lipinski definition) is 4. The van der Waals surface area contributed by atoms with Gasteiger partial charge < -0.3 is 20.0 Å². The minimum Gasteiger partial charge on any atom is -0.369 e. The quantitative estimate of drug-likeness (QED) is 0.733. The van der Waals surface area contributed by atoms with Gasteiger partial charge in [0.05, 0.1) is 17.2 Å². The number of benzene rings is 1. The summed E-state index contributed by atoms with van der Waals surface area (Å²) in [5.41, 5.74) is -0.598. The summed E-state index contributed by atoms with van der Waals surface area (Å²) in [7, 11) is 1.99. The molecule has 6 nitrogen and oxygen atoms in total. The van der Waals surface area contributed by atoms with Gasteiger partial charge in [0.15, 0.2) is 0 Å². The first-order chi connectivity index (χ1) is 15.6. The van der Waals surface area contributed by atoms with E-state index in [1.165, 1.54) is 6.07 Å². The average molecular weight is 467 g/mol. The highest BCUT2D eigenvalue weighted by molar-refractivity contribution is 5.98. The van der Waals surface area contributed by atoms with Crippen LogP contribution in [0.15, 0.2) is 18.2 Å². The molecule has 1 unspecified atom stereocenters. The molecule has 1 aromatic rings. The van der Waals surface area contributed by atoms with Crippen LogP contribution < -0.4 is 10.2 Å². The van der Waals surface area contributed by atoms with Crippen molar-refractivity contribution in [3.8, 4) is 0 Å². The highest BCUT2D eigenvalue weighted by Crippen LogP contribution is 2.38. The topological polar surface area (TPSA) is 55.9 Å². The van der Waals surface area contributed by atoms with Gasteiger partial charge in [0.1, 0.15) is 0 Å². The predicted molar refractivity (Wildman–Crippen MR) is 121 cm³/mol. The van der Waals surface area contributed by atoms with Crippen molar-refractivity contribution < 1.29 is 22.8 Å². The molecule has 2 aliphatic heterocycles. The third kappa shape index (κ3) is 5.45. The molecule has 1 aromatic carbocycles. The number of alkyl halides is 3. The summed E-state index contributed by atoms with van der Waals surface area (Å²) < 4.78 is 41.5. The van der Waals surface area contributed by atoms with Crippen LogP contribution in [0.3, 0.4) is 0 Å². The van der Waals surface area contributed by atoms with Crippen LogP contribution in [-0.2, 0) is 15.8 Å². The van der Waals surface area contributed by atoms with Crippen molar-refractivity contribution in [2.45, 2.75) is 51.2 Å². The number of nitrogens with zero attached hydrogens (tertiary/aromatic N) is 3. The van der Waals surface area contributed by atoms with Gasteiger partial charge in [-0.05, 0) is 56.8 Å². The van der Waals surface area contributed by atoms with Crippen LogP contribution in [0.25, 0.3) is 0 Å². The smallest absolute Gasteiger partial charge is 0.369 e. The Morgan fingerprint density at radius 2 is 1.73 bits per heavy atom. The van der Waals surface area contributed by atoms with Gasteiger partial charge in [-0.15, -0.1) is 0 Å². The number of likely N-dealkylation sites (N-methyl/N-ethyl adjacent to an activating group) is 1. The van der Waals surface area contributed by atoms with Gasteiger partial charge in [-0.1, -0.05) is 6.92 Å². The van der Waals surface area contributed by atoms with E-state index in [-0.39, 0.29) is 30.6 Å². The Balaban J connectivity index is 1.45. The van der Waals surface area contributed by atoms with Crippen molar-refractivity contribution in [1.29, 1.82) is 0 Å². The Labute approximate surface area is 193 Å². The van der Waals surface area contributed by atoms with Crippen LogP contribution in [0.4, 0.5) is 24.5 Å². The van der Waals surface area contributed by atoms with Gasteiger partial charge in [0, 0.05) is 50.9 Å². The summed E-state index contributed by atoms with van der Waals surface area (Å²) in [4.78, 5) is 31.3. The lowest BCUT2D eigenvalue weighted by molar-refractivity contribution is -0.137. The summed E-state index contributed by atoms with van der Waals surface area (Å²) in [5, 5.41) is 2.48. The zero-order chi connectivity index (χ0) is 23.8. The van der Waals surface area contributed by atoms with Crippen LogP contribution in [0.1, 0.15) is 44.6 Å². The van der Waals surface area contributed by atoms with Crippen molar-refractivity contribution in [2.75, 3.05) is 50.0 Å². The molecule has 1 N–H and O–H groups in total. The maximum Gasteiger partial charge on any atom is 0.418 e. The lowest BCUT2D eigenvalue weighted by Crippen LogP contribution is -2.44. The fourth-order valence-electron chi connectivity index (χ4n) is 5.19. The van der Waals surface area contributed by atoms with Crippen molar-refractivity contribution >= 4 is 23.2 Å². The van der Waals surface area contributed by atoms with E-state index in [1.807, 2.05) is 11.9 Å². The van der Waals surface area contributed by atoms with Gasteiger partial charge >= 0.3 is 6.18 Å². The van der Waals surface area contributed by atoms with Crippen LogP contribution in [0.2, 0.25) is 0 Å². The number of hydrogen-bond donors (Lipinski definition) is 1. The highest BCUT2D eigenvalue weighted by atomic mass is 19.4. The van der Waals surface area contributed by atoms with Crippen LogP contribution in [0, 0.1) is 11.8 Å². The molecule has 182 valence electrons. The monoisotopic (exact) mass is 466 g/mol. The molecule has 33 heavy (non-hydrogen) atoms. The van der Waals surface area contributed by atoms with E-state index in [1.54, 1.807) is 11.0 Å². The summed E-state index contributed by atoms with van der Waals surface area (Å²) in [6.45, 7) is 5.35. The number of anilines is 2. The molecule has 1 saturated carbocycles. The number of amides is 2. The maximum absolute atomic E-state index is 13.8. The molecule has 2 amide bonds. The van der Waals surface area contributed by atoms with Crippen LogP contribution >= 0.6 is 0 Å². The zero-order valence-corrected chi connectivity index (χ0v) is 19.3. The predicted octanol–water partition coefficient (Wildman–Crippen LogP) is 3.82. The van der Waals surface area contributed by atoms with Crippen molar-refractivity contribution in [2.24, 2.45) is 11.8 Å². The maximum atomic E-state index is 13.8. The highest BCUT2D eigenvalue weighted by Gasteiger charge is 2.40. The van der Waals surface area contributed by atoms with Gasteiger partial charge in [0.25, 0.3) is 0 Å². The average Bonchev–Trinajstić information content (AvgIpc) is 3.16. The largest absolute Gasteiger partial charge is 0.418 e. The Morgan fingerprint density at radius 3 is 2.36 bits per heavy atom. The first-order valence-corrected chi connectivity index (χ1v) is 11.9.